The molecule has 1 aromatic carbocycles. The van der Waals surface area contributed by atoms with E-state index in [1.54, 1.807) is 18.2 Å². The zero-order valence-electron chi connectivity index (χ0n) is 10.1. The molecule has 0 saturated carbocycles. The Morgan fingerprint density at radius 1 is 1.44 bits per heavy atom. The van der Waals surface area contributed by atoms with Crippen LogP contribution < -0.4 is 11.1 Å². The summed E-state index contributed by atoms with van der Waals surface area (Å²) < 4.78 is 22.6. The number of carbonyl (C=O) groups excluding carboxylic acids is 1. The zero-order chi connectivity index (χ0) is 13.3. The standard InChI is InChI=1S/C12H16N2O3S/c1-8-10(13)3-2-4-11(8)14-12(15)9-5-6-18(16,17)7-9/h2-4,9H,5-7,13H2,1H3,(H,14,15). The average molecular weight is 268 g/mol. The molecule has 1 aliphatic heterocycles. The largest absolute Gasteiger partial charge is 0.398 e. The quantitative estimate of drug-likeness (QED) is 0.781. The van der Waals surface area contributed by atoms with E-state index in [1.165, 1.54) is 0 Å². The maximum Gasteiger partial charge on any atom is 0.228 e. The minimum Gasteiger partial charge on any atom is -0.398 e. The van der Waals surface area contributed by atoms with Gasteiger partial charge in [0.15, 0.2) is 9.84 Å². The molecule has 0 aliphatic carbocycles. The van der Waals surface area contributed by atoms with Crippen LogP contribution in [0.1, 0.15) is 12.0 Å². The van der Waals surface area contributed by atoms with Crippen LogP contribution in [-0.2, 0) is 14.6 Å². The molecular weight excluding hydrogens is 252 g/mol. The number of sulfone groups is 1. The van der Waals surface area contributed by atoms with E-state index in [0.29, 0.717) is 17.8 Å². The van der Waals surface area contributed by atoms with Crippen LogP contribution in [0.2, 0.25) is 0 Å². The third-order valence-corrected chi connectivity index (χ3v) is 5.00. The van der Waals surface area contributed by atoms with Crippen LogP contribution >= 0.6 is 0 Å². The van der Waals surface area contributed by atoms with E-state index < -0.39 is 15.8 Å². The van der Waals surface area contributed by atoms with Crippen molar-refractivity contribution in [1.82, 2.24) is 0 Å². The molecule has 3 N–H and O–H groups in total. The number of nitrogens with one attached hydrogen (secondary N) is 1. The molecule has 0 bridgehead atoms. The topological polar surface area (TPSA) is 89.3 Å². The molecule has 6 heteroatoms. The number of carbonyl (C=O) groups is 1. The second-order valence-electron chi connectivity index (χ2n) is 4.61. The fourth-order valence-electron chi connectivity index (χ4n) is 2.03. The van der Waals surface area contributed by atoms with E-state index in [4.69, 9.17) is 5.73 Å². The van der Waals surface area contributed by atoms with Gasteiger partial charge in [-0.1, -0.05) is 6.07 Å². The molecule has 5 nitrogen and oxygen atoms in total. The Morgan fingerprint density at radius 2 is 2.17 bits per heavy atom. The van der Waals surface area contributed by atoms with Gasteiger partial charge in [-0.25, -0.2) is 8.42 Å². The summed E-state index contributed by atoms with van der Waals surface area (Å²) in [6.45, 7) is 1.82. The highest BCUT2D eigenvalue weighted by atomic mass is 32.2. The summed E-state index contributed by atoms with van der Waals surface area (Å²) >= 11 is 0. The van der Waals surface area contributed by atoms with Crippen molar-refractivity contribution in [3.63, 3.8) is 0 Å². The van der Waals surface area contributed by atoms with Gasteiger partial charge >= 0.3 is 0 Å². The van der Waals surface area contributed by atoms with Crippen molar-refractivity contribution >= 4 is 27.1 Å². The molecule has 1 unspecified atom stereocenters. The van der Waals surface area contributed by atoms with Crippen LogP contribution in [-0.4, -0.2) is 25.8 Å². The number of benzene rings is 1. The lowest BCUT2D eigenvalue weighted by molar-refractivity contribution is -0.119. The normalized spacial score (nSPS) is 21.7. The number of rotatable bonds is 2. The second kappa shape index (κ2) is 4.61. The summed E-state index contributed by atoms with van der Waals surface area (Å²) in [5.41, 5.74) is 7.79. The molecule has 1 aliphatic rings. The highest BCUT2D eigenvalue weighted by Gasteiger charge is 2.33. The van der Waals surface area contributed by atoms with Crippen molar-refractivity contribution in [2.45, 2.75) is 13.3 Å². The van der Waals surface area contributed by atoms with Gasteiger partial charge in [-0.3, -0.25) is 4.79 Å². The summed E-state index contributed by atoms with van der Waals surface area (Å²) in [5, 5.41) is 2.75. The van der Waals surface area contributed by atoms with Crippen molar-refractivity contribution in [3.05, 3.63) is 23.8 Å². The average Bonchev–Trinajstić information content (AvgIpc) is 2.65. The van der Waals surface area contributed by atoms with Crippen molar-refractivity contribution in [2.24, 2.45) is 5.92 Å². The molecule has 0 aromatic heterocycles. The Hall–Kier alpha value is -1.56. The lowest BCUT2D eigenvalue weighted by atomic mass is 10.1. The van der Waals surface area contributed by atoms with Gasteiger partial charge < -0.3 is 11.1 Å². The van der Waals surface area contributed by atoms with Crippen LogP contribution in [0.25, 0.3) is 0 Å². The first-order valence-electron chi connectivity index (χ1n) is 5.75. The first kappa shape index (κ1) is 12.9. The fraction of sp³-hybridized carbons (Fsp3) is 0.417. The van der Waals surface area contributed by atoms with E-state index in [1.807, 2.05) is 6.92 Å². The molecule has 1 heterocycles. The Bertz CT molecular complexity index is 581. The van der Waals surface area contributed by atoms with E-state index in [-0.39, 0.29) is 17.4 Å². The number of amides is 1. The molecule has 18 heavy (non-hydrogen) atoms. The van der Waals surface area contributed by atoms with Gasteiger partial charge in [-0.2, -0.15) is 0 Å². The van der Waals surface area contributed by atoms with E-state index in [0.717, 1.165) is 5.56 Å². The number of nitrogen functional groups attached to an aromatic ring is 1. The van der Waals surface area contributed by atoms with Gasteiger partial charge in [0.05, 0.1) is 17.4 Å². The maximum atomic E-state index is 11.9. The zero-order valence-corrected chi connectivity index (χ0v) is 11.0. The van der Waals surface area contributed by atoms with E-state index in [9.17, 15) is 13.2 Å². The van der Waals surface area contributed by atoms with Crippen LogP contribution in [0.4, 0.5) is 11.4 Å². The monoisotopic (exact) mass is 268 g/mol. The van der Waals surface area contributed by atoms with Gasteiger partial charge in [0, 0.05) is 11.4 Å². The van der Waals surface area contributed by atoms with E-state index in [2.05, 4.69) is 5.32 Å². The van der Waals surface area contributed by atoms with Crippen molar-refractivity contribution in [3.8, 4) is 0 Å². The smallest absolute Gasteiger partial charge is 0.228 e. The number of hydrogen-bond acceptors (Lipinski definition) is 4. The summed E-state index contributed by atoms with van der Waals surface area (Å²) in [7, 11) is -3.04. The number of nitrogens with two attached hydrogens (primary N) is 1. The summed E-state index contributed by atoms with van der Waals surface area (Å²) in [5.74, 6) is -0.651. The first-order chi connectivity index (χ1) is 8.39. The van der Waals surface area contributed by atoms with Crippen LogP contribution in [0.5, 0.6) is 0 Å². The summed E-state index contributed by atoms with van der Waals surface area (Å²) in [6.07, 6.45) is 0.398. The molecule has 1 atom stereocenters. The van der Waals surface area contributed by atoms with Crippen LogP contribution in [0, 0.1) is 12.8 Å². The third-order valence-electron chi connectivity index (χ3n) is 3.24. The van der Waals surface area contributed by atoms with Gasteiger partial charge in [0.25, 0.3) is 0 Å². The highest BCUT2D eigenvalue weighted by molar-refractivity contribution is 7.91. The molecule has 2 rings (SSSR count). The van der Waals surface area contributed by atoms with Crippen LogP contribution in [0.3, 0.4) is 0 Å². The maximum absolute atomic E-state index is 11.9. The number of anilines is 2. The van der Waals surface area contributed by atoms with E-state index >= 15 is 0 Å². The van der Waals surface area contributed by atoms with Gasteiger partial charge in [-0.15, -0.1) is 0 Å². The molecule has 1 amide bonds. The predicted octanol–water partition coefficient (Wildman–Crippen LogP) is 0.950. The summed E-state index contributed by atoms with van der Waals surface area (Å²) in [4.78, 5) is 11.9. The minimum atomic E-state index is -3.04. The van der Waals surface area contributed by atoms with Gasteiger partial charge in [-0.05, 0) is 31.0 Å². The molecule has 0 radical (unpaired) electrons. The Balaban J connectivity index is 2.11. The third kappa shape index (κ3) is 2.64. The molecular formula is C12H16N2O3S. The van der Waals surface area contributed by atoms with Crippen molar-refractivity contribution < 1.29 is 13.2 Å². The number of hydrogen-bond donors (Lipinski definition) is 2. The molecule has 98 valence electrons. The second-order valence-corrected chi connectivity index (χ2v) is 6.84. The fourth-order valence-corrected chi connectivity index (χ4v) is 3.77. The lowest BCUT2D eigenvalue weighted by Crippen LogP contribution is -2.24. The Morgan fingerprint density at radius 3 is 2.78 bits per heavy atom. The Labute approximate surface area is 106 Å². The summed E-state index contributed by atoms with van der Waals surface area (Å²) in [6, 6.07) is 5.27. The molecule has 1 aromatic rings. The molecule has 1 saturated heterocycles. The van der Waals surface area contributed by atoms with Gasteiger partial charge in [0.1, 0.15) is 0 Å². The minimum absolute atomic E-state index is 0.0554. The highest BCUT2D eigenvalue weighted by Crippen LogP contribution is 2.24. The Kier molecular flexibility index (Phi) is 3.30. The first-order valence-corrected chi connectivity index (χ1v) is 7.57. The van der Waals surface area contributed by atoms with Crippen LogP contribution in [0.15, 0.2) is 18.2 Å². The molecule has 0 spiro atoms. The lowest BCUT2D eigenvalue weighted by Gasteiger charge is -2.12. The van der Waals surface area contributed by atoms with Gasteiger partial charge in [0.2, 0.25) is 5.91 Å². The van der Waals surface area contributed by atoms with Crippen molar-refractivity contribution in [2.75, 3.05) is 22.6 Å². The SMILES string of the molecule is Cc1c(N)cccc1NC(=O)C1CCS(=O)(=O)C1. The predicted molar refractivity (Wildman–Crippen MR) is 71.0 cm³/mol. The molecule has 1 fully saturated rings. The van der Waals surface area contributed by atoms with Crippen molar-refractivity contribution in [1.29, 1.82) is 0 Å².